The first-order valence-corrected chi connectivity index (χ1v) is 13.9. The molecule has 1 aromatic carbocycles. The molecule has 41 heavy (non-hydrogen) atoms. The SMILES string of the molecule is CC(C)CCC(=O)N1CCCC(NC(=O)[C@H](CC(C)C)NC(=O)c2ccc(-c3cccc(C(F)(F)F)c3)o2)C(=O)C1. The fraction of sp³-hybridized carbons (Fsp3) is 0.533. The summed E-state index contributed by atoms with van der Waals surface area (Å²) in [4.78, 5) is 53.2. The van der Waals surface area contributed by atoms with E-state index in [-0.39, 0.29) is 47.7 Å². The van der Waals surface area contributed by atoms with Crippen LogP contribution in [0.4, 0.5) is 13.2 Å². The minimum absolute atomic E-state index is 0.0159. The maximum atomic E-state index is 13.2. The Balaban J connectivity index is 1.66. The minimum atomic E-state index is -4.53. The molecule has 3 rings (SSSR count). The van der Waals surface area contributed by atoms with Crippen LogP contribution in [-0.4, -0.2) is 53.6 Å². The predicted octanol–water partition coefficient (Wildman–Crippen LogP) is 5.22. The van der Waals surface area contributed by atoms with Gasteiger partial charge in [-0.05, 0) is 61.8 Å². The quantitative estimate of drug-likeness (QED) is 0.403. The van der Waals surface area contributed by atoms with E-state index < -0.39 is 35.6 Å². The summed E-state index contributed by atoms with van der Waals surface area (Å²) < 4.78 is 44.8. The molecule has 2 atom stereocenters. The van der Waals surface area contributed by atoms with Gasteiger partial charge in [0, 0.05) is 18.5 Å². The number of alkyl halides is 3. The second kappa shape index (κ2) is 13.8. The molecule has 1 aromatic heterocycles. The van der Waals surface area contributed by atoms with Gasteiger partial charge >= 0.3 is 6.18 Å². The third-order valence-electron chi connectivity index (χ3n) is 6.89. The van der Waals surface area contributed by atoms with Crippen molar-refractivity contribution in [1.82, 2.24) is 15.5 Å². The van der Waals surface area contributed by atoms with Crippen LogP contribution in [0.1, 0.15) is 75.9 Å². The van der Waals surface area contributed by atoms with Crippen LogP contribution >= 0.6 is 0 Å². The van der Waals surface area contributed by atoms with Crippen LogP contribution in [0.2, 0.25) is 0 Å². The van der Waals surface area contributed by atoms with Gasteiger partial charge in [0.25, 0.3) is 5.91 Å². The van der Waals surface area contributed by atoms with Gasteiger partial charge in [-0.2, -0.15) is 13.2 Å². The summed E-state index contributed by atoms with van der Waals surface area (Å²) in [6.07, 6.45) is -2.22. The molecule has 8 nitrogen and oxygen atoms in total. The number of nitrogens with zero attached hydrogens (tertiary/aromatic N) is 1. The van der Waals surface area contributed by atoms with Crippen molar-refractivity contribution in [2.24, 2.45) is 11.8 Å². The monoisotopic (exact) mass is 577 g/mol. The van der Waals surface area contributed by atoms with Gasteiger partial charge in [-0.3, -0.25) is 19.2 Å². The highest BCUT2D eigenvalue weighted by atomic mass is 19.4. The standard InChI is InChI=1S/C30H38F3N3O5/c1-18(2)10-13-27(38)36-14-6-9-22(24(37)17-36)34-28(39)23(15-19(3)4)35-29(40)26-12-11-25(41-26)20-7-5-8-21(16-20)30(31,32)33/h5,7-8,11-12,16,18-19,22-23H,6,9-10,13-15,17H2,1-4H3,(H,34,39)(H,35,40)/t22?,23-/m0/s1. The number of likely N-dealkylation sites (tertiary alicyclic amines) is 1. The number of furan rings is 1. The molecule has 0 aliphatic carbocycles. The molecule has 2 heterocycles. The normalized spacial score (nSPS) is 17.0. The summed E-state index contributed by atoms with van der Waals surface area (Å²) >= 11 is 0. The Morgan fingerprint density at radius 2 is 1.80 bits per heavy atom. The van der Waals surface area contributed by atoms with Crippen molar-refractivity contribution in [3.8, 4) is 11.3 Å². The van der Waals surface area contributed by atoms with Gasteiger partial charge < -0.3 is 20.0 Å². The third-order valence-corrected chi connectivity index (χ3v) is 6.89. The summed E-state index contributed by atoms with van der Waals surface area (Å²) in [6, 6.07) is 5.51. The van der Waals surface area contributed by atoms with E-state index >= 15 is 0 Å². The van der Waals surface area contributed by atoms with Crippen molar-refractivity contribution >= 4 is 23.5 Å². The zero-order chi connectivity index (χ0) is 30.3. The molecule has 1 aliphatic rings. The van der Waals surface area contributed by atoms with Gasteiger partial charge in [-0.15, -0.1) is 0 Å². The van der Waals surface area contributed by atoms with Crippen molar-refractivity contribution in [1.29, 1.82) is 0 Å². The molecule has 0 spiro atoms. The average Bonchev–Trinajstić information content (AvgIpc) is 3.32. The van der Waals surface area contributed by atoms with Crippen LogP contribution in [0.5, 0.6) is 0 Å². The summed E-state index contributed by atoms with van der Waals surface area (Å²) in [5, 5.41) is 5.39. The van der Waals surface area contributed by atoms with E-state index in [1.54, 1.807) is 4.90 Å². The van der Waals surface area contributed by atoms with E-state index in [0.717, 1.165) is 18.6 Å². The minimum Gasteiger partial charge on any atom is -0.451 e. The molecule has 3 amide bonds. The van der Waals surface area contributed by atoms with E-state index in [9.17, 15) is 32.3 Å². The van der Waals surface area contributed by atoms with Gasteiger partial charge in [0.05, 0.1) is 18.2 Å². The zero-order valence-electron chi connectivity index (χ0n) is 23.8. The number of Topliss-reactive ketones (excluding diaryl/α,β-unsaturated/α-hetero) is 1. The topological polar surface area (TPSA) is 109 Å². The molecule has 0 bridgehead atoms. The first kappa shape index (κ1) is 31.9. The summed E-state index contributed by atoms with van der Waals surface area (Å²) in [6.45, 7) is 8.17. The summed E-state index contributed by atoms with van der Waals surface area (Å²) in [7, 11) is 0. The average molecular weight is 578 g/mol. The van der Waals surface area contributed by atoms with Gasteiger partial charge in [-0.1, -0.05) is 39.8 Å². The molecule has 1 saturated heterocycles. The highest BCUT2D eigenvalue weighted by Crippen LogP contribution is 2.32. The second-order valence-electron chi connectivity index (χ2n) is 11.3. The van der Waals surface area contributed by atoms with E-state index in [2.05, 4.69) is 10.6 Å². The Labute approximate surface area is 238 Å². The molecule has 2 aromatic rings. The number of carbonyl (C=O) groups is 4. The first-order chi connectivity index (χ1) is 19.2. The Kier molecular flexibility index (Phi) is 10.8. The molecule has 0 saturated carbocycles. The summed E-state index contributed by atoms with van der Waals surface area (Å²) in [5.74, 6) is -1.29. The van der Waals surface area contributed by atoms with Crippen LogP contribution in [0.25, 0.3) is 11.3 Å². The predicted molar refractivity (Wildman–Crippen MR) is 147 cm³/mol. The number of hydrogen-bond donors (Lipinski definition) is 2. The molecule has 2 N–H and O–H groups in total. The fourth-order valence-electron chi connectivity index (χ4n) is 4.63. The lowest BCUT2D eigenvalue weighted by molar-refractivity contribution is -0.137. The van der Waals surface area contributed by atoms with Crippen molar-refractivity contribution < 1.29 is 36.8 Å². The number of nitrogens with one attached hydrogen (secondary N) is 2. The van der Waals surface area contributed by atoms with E-state index in [4.69, 9.17) is 4.42 Å². The lowest BCUT2D eigenvalue weighted by atomic mass is 10.0. The van der Waals surface area contributed by atoms with Crippen LogP contribution in [-0.2, 0) is 20.6 Å². The number of rotatable bonds is 10. The highest BCUT2D eigenvalue weighted by molar-refractivity contribution is 5.98. The maximum absolute atomic E-state index is 13.2. The number of halogens is 3. The van der Waals surface area contributed by atoms with Crippen LogP contribution < -0.4 is 10.6 Å². The van der Waals surface area contributed by atoms with E-state index in [1.165, 1.54) is 24.3 Å². The maximum Gasteiger partial charge on any atom is 0.416 e. The van der Waals surface area contributed by atoms with Crippen molar-refractivity contribution in [3.63, 3.8) is 0 Å². The Hall–Kier alpha value is -3.63. The molecule has 224 valence electrons. The second-order valence-corrected chi connectivity index (χ2v) is 11.3. The Morgan fingerprint density at radius 1 is 1.07 bits per heavy atom. The zero-order valence-corrected chi connectivity index (χ0v) is 23.8. The van der Waals surface area contributed by atoms with E-state index in [1.807, 2.05) is 27.7 Å². The van der Waals surface area contributed by atoms with Crippen molar-refractivity contribution in [2.45, 2.75) is 78.1 Å². The number of hydrogen-bond acceptors (Lipinski definition) is 5. The summed E-state index contributed by atoms with van der Waals surface area (Å²) in [5.41, 5.74) is -0.693. The van der Waals surface area contributed by atoms with Crippen molar-refractivity contribution in [3.05, 3.63) is 47.7 Å². The molecular formula is C30H38F3N3O5. The lowest BCUT2D eigenvalue weighted by Gasteiger charge is -2.23. The Morgan fingerprint density at radius 3 is 2.46 bits per heavy atom. The number of carbonyl (C=O) groups excluding carboxylic acids is 4. The van der Waals surface area contributed by atoms with Gasteiger partial charge in [0.15, 0.2) is 11.5 Å². The Bertz CT molecular complexity index is 1240. The molecular weight excluding hydrogens is 539 g/mol. The largest absolute Gasteiger partial charge is 0.451 e. The first-order valence-electron chi connectivity index (χ1n) is 13.9. The van der Waals surface area contributed by atoms with Crippen LogP contribution in [0.3, 0.4) is 0 Å². The highest BCUT2D eigenvalue weighted by Gasteiger charge is 2.32. The van der Waals surface area contributed by atoms with Gasteiger partial charge in [0.2, 0.25) is 11.8 Å². The van der Waals surface area contributed by atoms with Crippen molar-refractivity contribution in [2.75, 3.05) is 13.1 Å². The molecule has 1 unspecified atom stereocenters. The lowest BCUT2D eigenvalue weighted by Crippen LogP contribution is -2.52. The van der Waals surface area contributed by atoms with E-state index in [0.29, 0.717) is 31.7 Å². The third kappa shape index (κ3) is 9.19. The molecule has 11 heteroatoms. The van der Waals surface area contributed by atoms with Crippen LogP contribution in [0.15, 0.2) is 40.8 Å². The number of ketones is 1. The van der Waals surface area contributed by atoms with Crippen LogP contribution in [0, 0.1) is 11.8 Å². The fourth-order valence-corrected chi connectivity index (χ4v) is 4.63. The van der Waals surface area contributed by atoms with Gasteiger partial charge in [-0.25, -0.2) is 0 Å². The molecule has 1 aliphatic heterocycles. The molecule has 0 radical (unpaired) electrons. The number of amides is 3. The van der Waals surface area contributed by atoms with Gasteiger partial charge in [0.1, 0.15) is 11.8 Å². The smallest absolute Gasteiger partial charge is 0.416 e. The molecule has 1 fully saturated rings. The number of benzene rings is 1.